The topological polar surface area (TPSA) is 17.3 Å². The molecule has 12 rings (SSSR count). The van der Waals surface area contributed by atoms with Crippen molar-refractivity contribution in [1.29, 1.82) is 0 Å². The summed E-state index contributed by atoms with van der Waals surface area (Å²) in [5.74, 6) is 0.169. The summed E-state index contributed by atoms with van der Waals surface area (Å²) in [6, 6.07) is 71.5. The minimum atomic E-state index is -0.213. The standard InChI is InChI=1S/C59H44N2/c1-37-47(38-19-7-4-8-20-38)35-53(40-23-11-6-12-24-40)60-58(37)46-31-32-55(43-27-15-13-25-41(43)46)61-54-30-18-17-28-44(54)49-33-50-51(36-56(49)61)59(2,3)52-34-48(39-21-9-5-10-22-39)42-26-14-16-29-45(42)57(50)52/h4-37,58H,1-3H3. The summed E-state index contributed by atoms with van der Waals surface area (Å²) >= 11 is 0. The van der Waals surface area contributed by atoms with Crippen molar-refractivity contribution < 1.29 is 0 Å². The van der Waals surface area contributed by atoms with Crippen LogP contribution >= 0.6 is 0 Å². The van der Waals surface area contributed by atoms with Crippen molar-refractivity contribution in [2.75, 3.05) is 0 Å². The summed E-state index contributed by atoms with van der Waals surface area (Å²) in [6.45, 7) is 7.17. The van der Waals surface area contributed by atoms with Gasteiger partial charge in [-0.15, -0.1) is 0 Å². The molecule has 9 aromatic carbocycles. The maximum atomic E-state index is 5.58. The maximum absolute atomic E-state index is 5.58. The lowest BCUT2D eigenvalue weighted by atomic mass is 9.80. The Morgan fingerprint density at radius 2 is 1.05 bits per heavy atom. The number of benzene rings is 9. The number of para-hydroxylation sites is 1. The largest absolute Gasteiger partial charge is 0.309 e. The third-order valence-electron chi connectivity index (χ3n) is 13.8. The molecular weight excluding hydrogens is 737 g/mol. The number of rotatable bonds is 5. The van der Waals surface area contributed by atoms with Gasteiger partial charge in [-0.05, 0) is 108 Å². The first-order valence-corrected chi connectivity index (χ1v) is 21.6. The molecule has 0 bridgehead atoms. The zero-order chi connectivity index (χ0) is 40.8. The number of aromatic nitrogens is 1. The van der Waals surface area contributed by atoms with E-state index in [2.05, 4.69) is 226 Å². The molecule has 1 aromatic heterocycles. The highest BCUT2D eigenvalue weighted by Gasteiger charge is 2.38. The summed E-state index contributed by atoms with van der Waals surface area (Å²) in [6.07, 6.45) is 2.31. The van der Waals surface area contributed by atoms with Gasteiger partial charge in [0, 0.05) is 27.5 Å². The van der Waals surface area contributed by atoms with Gasteiger partial charge in [0.2, 0.25) is 0 Å². The minimum absolute atomic E-state index is 0.0642. The first kappa shape index (κ1) is 35.6. The van der Waals surface area contributed by atoms with E-state index in [1.807, 2.05) is 0 Å². The van der Waals surface area contributed by atoms with Crippen molar-refractivity contribution in [3.63, 3.8) is 0 Å². The van der Waals surface area contributed by atoms with E-state index in [0.717, 1.165) is 11.3 Å². The van der Waals surface area contributed by atoms with Crippen molar-refractivity contribution in [2.45, 2.75) is 32.2 Å². The normalized spacial score (nSPS) is 16.8. The van der Waals surface area contributed by atoms with Gasteiger partial charge < -0.3 is 4.57 Å². The average Bonchev–Trinajstić information content (AvgIpc) is 3.75. The second kappa shape index (κ2) is 13.6. The number of hydrogen-bond acceptors (Lipinski definition) is 1. The molecule has 2 heterocycles. The highest BCUT2D eigenvalue weighted by atomic mass is 15.0. The van der Waals surface area contributed by atoms with E-state index in [1.165, 1.54) is 99.1 Å². The lowest BCUT2D eigenvalue weighted by Gasteiger charge is -2.30. The van der Waals surface area contributed by atoms with Gasteiger partial charge in [-0.3, -0.25) is 4.99 Å². The van der Waals surface area contributed by atoms with E-state index in [9.17, 15) is 0 Å². The van der Waals surface area contributed by atoms with Gasteiger partial charge in [0.1, 0.15) is 0 Å². The molecule has 0 amide bonds. The first-order valence-electron chi connectivity index (χ1n) is 21.6. The van der Waals surface area contributed by atoms with Crippen LogP contribution in [0.3, 0.4) is 0 Å². The van der Waals surface area contributed by atoms with Crippen LogP contribution in [0.1, 0.15) is 54.6 Å². The van der Waals surface area contributed by atoms with E-state index >= 15 is 0 Å². The average molecular weight is 781 g/mol. The highest BCUT2D eigenvalue weighted by Crippen LogP contribution is 2.55. The van der Waals surface area contributed by atoms with Crippen LogP contribution in [0.25, 0.3) is 76.9 Å². The summed E-state index contributed by atoms with van der Waals surface area (Å²) in [4.78, 5) is 5.58. The fourth-order valence-corrected chi connectivity index (χ4v) is 10.7. The summed E-state index contributed by atoms with van der Waals surface area (Å²) < 4.78 is 2.53. The Kier molecular flexibility index (Phi) is 7.96. The second-order valence-corrected chi connectivity index (χ2v) is 17.4. The molecular formula is C59H44N2. The molecule has 0 fully saturated rings. The van der Waals surface area contributed by atoms with E-state index in [4.69, 9.17) is 4.99 Å². The van der Waals surface area contributed by atoms with Gasteiger partial charge in [-0.2, -0.15) is 0 Å². The van der Waals surface area contributed by atoms with E-state index < -0.39 is 0 Å². The monoisotopic (exact) mass is 780 g/mol. The Hall–Kier alpha value is -7.29. The molecule has 290 valence electrons. The fraction of sp³-hybridized carbons (Fsp3) is 0.102. The molecule has 2 aliphatic rings. The molecule has 1 aliphatic heterocycles. The molecule has 61 heavy (non-hydrogen) atoms. The van der Waals surface area contributed by atoms with Crippen molar-refractivity contribution in [1.82, 2.24) is 4.57 Å². The molecule has 2 heteroatoms. The SMILES string of the molecule is CC1C(c2ccccc2)=CC(c2ccccc2)=NC1c1ccc(-n2c3ccccc3c3cc4c(cc32)C(C)(C)c2cc(-c3ccccc3)c3ccccc3c2-4)c2ccccc12. The molecule has 2 atom stereocenters. The molecule has 2 nitrogen and oxygen atoms in total. The van der Waals surface area contributed by atoms with E-state index in [1.54, 1.807) is 0 Å². The lowest BCUT2D eigenvalue weighted by molar-refractivity contribution is 0.583. The summed E-state index contributed by atoms with van der Waals surface area (Å²) in [7, 11) is 0. The zero-order valence-corrected chi connectivity index (χ0v) is 34.6. The molecule has 0 spiro atoms. The van der Waals surface area contributed by atoms with Crippen LogP contribution in [0, 0.1) is 5.92 Å². The smallest absolute Gasteiger partial charge is 0.0828 e. The van der Waals surface area contributed by atoms with Crippen LogP contribution < -0.4 is 0 Å². The number of fused-ring (bicyclic) bond motifs is 9. The van der Waals surface area contributed by atoms with Gasteiger partial charge in [0.05, 0.1) is 28.5 Å². The zero-order valence-electron chi connectivity index (χ0n) is 34.6. The van der Waals surface area contributed by atoms with Gasteiger partial charge in [0.15, 0.2) is 0 Å². The van der Waals surface area contributed by atoms with Crippen LogP contribution in [0.15, 0.2) is 205 Å². The van der Waals surface area contributed by atoms with Crippen LogP contribution in [-0.4, -0.2) is 10.3 Å². The maximum Gasteiger partial charge on any atom is 0.0828 e. The second-order valence-electron chi connectivity index (χ2n) is 17.4. The van der Waals surface area contributed by atoms with Gasteiger partial charge in [0.25, 0.3) is 0 Å². The Balaban J connectivity index is 1.07. The fourth-order valence-electron chi connectivity index (χ4n) is 10.7. The predicted molar refractivity (Wildman–Crippen MR) is 258 cm³/mol. The number of allylic oxidation sites excluding steroid dienone is 1. The van der Waals surface area contributed by atoms with E-state index in [-0.39, 0.29) is 17.4 Å². The molecule has 1 aliphatic carbocycles. The van der Waals surface area contributed by atoms with Crippen molar-refractivity contribution in [3.8, 4) is 27.9 Å². The molecule has 0 N–H and O–H groups in total. The quantitative estimate of drug-likeness (QED) is 0.166. The highest BCUT2D eigenvalue weighted by molar-refractivity contribution is 6.16. The number of aliphatic imine (C=N–C) groups is 1. The molecule has 0 saturated carbocycles. The van der Waals surface area contributed by atoms with Gasteiger partial charge in [-0.25, -0.2) is 0 Å². The number of dihydropyridines is 1. The Morgan fingerprint density at radius 3 is 1.77 bits per heavy atom. The lowest BCUT2D eigenvalue weighted by Crippen LogP contribution is -2.18. The molecule has 0 saturated heterocycles. The summed E-state index contributed by atoms with van der Waals surface area (Å²) in [5, 5.41) is 7.61. The predicted octanol–water partition coefficient (Wildman–Crippen LogP) is 15.3. The minimum Gasteiger partial charge on any atom is -0.309 e. The molecule has 2 unspecified atom stereocenters. The molecule has 0 radical (unpaired) electrons. The Labute approximate surface area is 356 Å². The molecule has 10 aromatic rings. The van der Waals surface area contributed by atoms with Crippen LogP contribution in [0.4, 0.5) is 0 Å². The van der Waals surface area contributed by atoms with Gasteiger partial charge in [-0.1, -0.05) is 185 Å². The third kappa shape index (κ3) is 5.38. The van der Waals surface area contributed by atoms with E-state index in [0.29, 0.717) is 0 Å². The van der Waals surface area contributed by atoms with Crippen molar-refractivity contribution in [3.05, 3.63) is 228 Å². The third-order valence-corrected chi connectivity index (χ3v) is 13.8. The van der Waals surface area contributed by atoms with Gasteiger partial charge >= 0.3 is 0 Å². The van der Waals surface area contributed by atoms with Crippen LogP contribution in [0.5, 0.6) is 0 Å². The van der Waals surface area contributed by atoms with Crippen molar-refractivity contribution in [2.24, 2.45) is 10.9 Å². The van der Waals surface area contributed by atoms with Crippen molar-refractivity contribution >= 4 is 54.6 Å². The number of hydrogen-bond donors (Lipinski definition) is 0. The number of nitrogens with zero attached hydrogens (tertiary/aromatic N) is 2. The Morgan fingerprint density at radius 1 is 0.459 bits per heavy atom. The first-order chi connectivity index (χ1) is 30.0. The Bertz CT molecular complexity index is 3440. The van der Waals surface area contributed by atoms with Crippen LogP contribution in [-0.2, 0) is 5.41 Å². The summed E-state index contributed by atoms with van der Waals surface area (Å²) in [5.41, 5.74) is 17.4. The van der Waals surface area contributed by atoms with Crippen LogP contribution in [0.2, 0.25) is 0 Å².